The summed E-state index contributed by atoms with van der Waals surface area (Å²) in [5.41, 5.74) is 5.26. The van der Waals surface area contributed by atoms with Crippen LogP contribution in [0.4, 0.5) is 9.59 Å². The van der Waals surface area contributed by atoms with Crippen LogP contribution in [0.1, 0.15) is 66.9 Å². The van der Waals surface area contributed by atoms with Crippen LogP contribution in [0.15, 0.2) is 18.2 Å². The fourth-order valence-corrected chi connectivity index (χ4v) is 2.91. The summed E-state index contributed by atoms with van der Waals surface area (Å²) in [6.45, 7) is 12.5. The highest BCUT2D eigenvalue weighted by atomic mass is 16.8. The molecule has 0 saturated carbocycles. The summed E-state index contributed by atoms with van der Waals surface area (Å²) >= 11 is 0. The van der Waals surface area contributed by atoms with E-state index >= 15 is 0 Å². The first-order chi connectivity index (χ1) is 17.7. The summed E-state index contributed by atoms with van der Waals surface area (Å²) in [7, 11) is 1.20. The zero-order valence-corrected chi connectivity index (χ0v) is 23.5. The second kappa shape index (κ2) is 15.2. The average Bonchev–Trinajstić information content (AvgIpc) is 2.84. The molecule has 0 radical (unpaired) electrons. The molecule has 38 heavy (non-hydrogen) atoms. The Hall–Kier alpha value is -3.34. The molecule has 2 N–H and O–H groups in total. The van der Waals surface area contributed by atoms with Gasteiger partial charge in [0.2, 0.25) is 0 Å². The molecule has 1 unspecified atom stereocenters. The van der Waals surface area contributed by atoms with E-state index in [-0.39, 0.29) is 49.2 Å². The zero-order valence-electron chi connectivity index (χ0n) is 23.5. The number of ether oxygens (including phenoxy) is 6. The number of methoxy groups -OCH3 is 1. The molecule has 0 aliphatic rings. The molecule has 0 saturated heterocycles. The number of hydrogen-bond acceptors (Lipinski definition) is 11. The molecule has 214 valence electrons. The molecule has 0 heterocycles. The minimum atomic E-state index is -1.55. The topological polar surface area (TPSA) is 150 Å². The van der Waals surface area contributed by atoms with Gasteiger partial charge in [0, 0.05) is 19.3 Å². The maximum Gasteiger partial charge on any atom is 0.514 e. The van der Waals surface area contributed by atoms with Gasteiger partial charge in [0.05, 0.1) is 13.7 Å². The summed E-state index contributed by atoms with van der Waals surface area (Å²) < 4.78 is 31.1. The van der Waals surface area contributed by atoms with Gasteiger partial charge in [0.25, 0.3) is 0 Å². The Kier molecular flexibility index (Phi) is 13.0. The van der Waals surface area contributed by atoms with Gasteiger partial charge in [-0.2, -0.15) is 0 Å². The summed E-state index contributed by atoms with van der Waals surface area (Å²) in [5, 5.41) is 0. The highest BCUT2D eigenvalue weighted by Crippen LogP contribution is 2.31. The van der Waals surface area contributed by atoms with E-state index < -0.39 is 42.0 Å². The molecular formula is C27H41NO10. The summed E-state index contributed by atoms with van der Waals surface area (Å²) in [6, 6.07) is 4.34. The zero-order chi connectivity index (χ0) is 29.0. The molecule has 3 atom stereocenters. The maximum atomic E-state index is 12.5. The monoisotopic (exact) mass is 539 g/mol. The van der Waals surface area contributed by atoms with Crippen LogP contribution in [0.2, 0.25) is 0 Å². The van der Waals surface area contributed by atoms with Crippen molar-refractivity contribution in [3.8, 4) is 11.5 Å². The first-order valence-electron chi connectivity index (χ1n) is 12.6. The van der Waals surface area contributed by atoms with E-state index in [2.05, 4.69) is 0 Å². The third-order valence-corrected chi connectivity index (χ3v) is 6.05. The van der Waals surface area contributed by atoms with E-state index in [0.717, 1.165) is 0 Å². The van der Waals surface area contributed by atoms with Crippen molar-refractivity contribution < 1.29 is 47.6 Å². The van der Waals surface area contributed by atoms with Crippen molar-refractivity contribution in [3.05, 3.63) is 23.8 Å². The van der Waals surface area contributed by atoms with Crippen LogP contribution in [0.5, 0.6) is 11.5 Å². The predicted molar refractivity (Wildman–Crippen MR) is 138 cm³/mol. The second-order valence-electron chi connectivity index (χ2n) is 9.77. The van der Waals surface area contributed by atoms with Gasteiger partial charge in [0.15, 0.2) is 11.5 Å². The SMILES string of the molecule is CCC(=O)OCC[C@@](N)(Cc1ccc(OC(=O)O[C@@H](C)C(C)C)c(OC(=O)OC(C)C(C)C)c1)C(=O)OC. The van der Waals surface area contributed by atoms with Crippen LogP contribution < -0.4 is 15.2 Å². The number of carbonyl (C=O) groups excluding carboxylic acids is 4. The van der Waals surface area contributed by atoms with Crippen molar-refractivity contribution >= 4 is 24.2 Å². The first kappa shape index (κ1) is 32.7. The molecule has 1 aromatic carbocycles. The lowest BCUT2D eigenvalue weighted by Crippen LogP contribution is -2.51. The van der Waals surface area contributed by atoms with E-state index in [1.54, 1.807) is 26.8 Å². The highest BCUT2D eigenvalue weighted by molar-refractivity contribution is 5.81. The standard InChI is InChI=1S/C27H41NO10/c1-9-23(29)34-13-12-27(28,24(30)33-8)15-20-10-11-21(37-25(31)35-18(6)16(2)3)22(14-20)38-26(32)36-19(7)17(4)5/h10-11,14,16-19H,9,12-13,15,28H2,1-8H3/t18-,19?,27+/m0/s1. The molecule has 0 fully saturated rings. The first-order valence-corrected chi connectivity index (χ1v) is 12.6. The molecule has 1 aromatic rings. The van der Waals surface area contributed by atoms with Crippen LogP contribution in [-0.2, 0) is 35.0 Å². The number of hydrogen-bond donors (Lipinski definition) is 1. The lowest BCUT2D eigenvalue weighted by Gasteiger charge is -2.27. The molecular weight excluding hydrogens is 498 g/mol. The van der Waals surface area contributed by atoms with Crippen molar-refractivity contribution in [2.45, 2.75) is 85.5 Å². The minimum Gasteiger partial charge on any atom is -0.468 e. The van der Waals surface area contributed by atoms with E-state index in [0.29, 0.717) is 5.56 Å². The summed E-state index contributed by atoms with van der Waals surface area (Å²) in [6.07, 6.45) is -2.73. The van der Waals surface area contributed by atoms with Crippen molar-refractivity contribution in [2.75, 3.05) is 13.7 Å². The van der Waals surface area contributed by atoms with Crippen LogP contribution >= 0.6 is 0 Å². The summed E-state index contributed by atoms with van der Waals surface area (Å²) in [5.74, 6) is -1.28. The molecule has 0 aliphatic heterocycles. The lowest BCUT2D eigenvalue weighted by atomic mass is 9.88. The number of rotatable bonds is 13. The number of carbonyl (C=O) groups is 4. The van der Waals surface area contributed by atoms with Gasteiger partial charge in [-0.1, -0.05) is 40.7 Å². The fourth-order valence-electron chi connectivity index (χ4n) is 2.91. The molecule has 11 nitrogen and oxygen atoms in total. The smallest absolute Gasteiger partial charge is 0.468 e. The van der Waals surface area contributed by atoms with Crippen molar-refractivity contribution in [1.29, 1.82) is 0 Å². The molecule has 0 aliphatic carbocycles. The molecule has 1 rings (SSSR count). The normalized spacial score (nSPS) is 14.2. The Morgan fingerprint density at radius 1 is 0.868 bits per heavy atom. The minimum absolute atomic E-state index is 0.0206. The molecule has 0 spiro atoms. The van der Waals surface area contributed by atoms with E-state index in [1.165, 1.54) is 19.2 Å². The van der Waals surface area contributed by atoms with Gasteiger partial charge >= 0.3 is 24.2 Å². The largest absolute Gasteiger partial charge is 0.514 e. The van der Waals surface area contributed by atoms with Gasteiger partial charge in [-0.25, -0.2) is 9.59 Å². The van der Waals surface area contributed by atoms with Gasteiger partial charge < -0.3 is 34.2 Å². The quantitative estimate of drug-likeness (QED) is 0.213. The van der Waals surface area contributed by atoms with Gasteiger partial charge in [0.1, 0.15) is 17.7 Å². The lowest BCUT2D eigenvalue weighted by molar-refractivity contribution is -0.151. The number of benzene rings is 1. The van der Waals surface area contributed by atoms with Gasteiger partial charge in [-0.05, 0) is 43.4 Å². The van der Waals surface area contributed by atoms with Gasteiger partial charge in [-0.15, -0.1) is 0 Å². The second-order valence-corrected chi connectivity index (χ2v) is 9.77. The van der Waals surface area contributed by atoms with Crippen LogP contribution in [-0.4, -0.2) is 55.7 Å². The van der Waals surface area contributed by atoms with Gasteiger partial charge in [-0.3, -0.25) is 9.59 Å². The van der Waals surface area contributed by atoms with Crippen molar-refractivity contribution in [3.63, 3.8) is 0 Å². The molecule has 0 bridgehead atoms. The number of nitrogens with two attached hydrogens (primary N) is 1. The highest BCUT2D eigenvalue weighted by Gasteiger charge is 2.36. The van der Waals surface area contributed by atoms with Crippen LogP contribution in [0, 0.1) is 11.8 Å². The van der Waals surface area contributed by atoms with Crippen LogP contribution in [0.25, 0.3) is 0 Å². The molecule has 0 aromatic heterocycles. The van der Waals surface area contributed by atoms with Crippen LogP contribution in [0.3, 0.4) is 0 Å². The Morgan fingerprint density at radius 3 is 1.87 bits per heavy atom. The molecule has 0 amide bonds. The maximum absolute atomic E-state index is 12.5. The van der Waals surface area contributed by atoms with E-state index in [9.17, 15) is 19.2 Å². The third kappa shape index (κ3) is 10.6. The Labute approximate surface area is 224 Å². The van der Waals surface area contributed by atoms with Crippen molar-refractivity contribution in [1.82, 2.24) is 0 Å². The number of esters is 2. The predicted octanol–water partition coefficient (Wildman–Crippen LogP) is 4.56. The Bertz CT molecular complexity index is 961. The fraction of sp³-hybridized carbons (Fsp3) is 0.630. The third-order valence-electron chi connectivity index (χ3n) is 6.05. The average molecular weight is 540 g/mol. The molecule has 11 heteroatoms. The summed E-state index contributed by atoms with van der Waals surface area (Å²) in [4.78, 5) is 48.8. The van der Waals surface area contributed by atoms with Crippen molar-refractivity contribution in [2.24, 2.45) is 17.6 Å². The Morgan fingerprint density at radius 2 is 1.39 bits per heavy atom. The Balaban J connectivity index is 3.25. The van der Waals surface area contributed by atoms with E-state index in [1.807, 2.05) is 27.7 Å². The van der Waals surface area contributed by atoms with E-state index in [4.69, 9.17) is 34.2 Å².